The molecule has 16 heavy (non-hydrogen) atoms. The summed E-state index contributed by atoms with van der Waals surface area (Å²) in [5.74, 6) is -0.396. The van der Waals surface area contributed by atoms with E-state index in [1.807, 2.05) is 0 Å². The average molecular weight is 286 g/mol. The summed E-state index contributed by atoms with van der Waals surface area (Å²) in [5, 5.41) is 0. The normalized spacial score (nSPS) is 19.4. The molecule has 2 rings (SSSR count). The van der Waals surface area contributed by atoms with Crippen molar-refractivity contribution in [2.75, 3.05) is 6.61 Å². The molecule has 1 aromatic heterocycles. The number of alkyl halides is 1. The fraction of sp³-hybridized carbons (Fsp3) is 0.455. The number of aromatic amines is 1. The number of Topliss-reactive ketones (excluding diaryl/α,β-unsaturated/α-hetero) is 1. The van der Waals surface area contributed by atoms with Crippen molar-refractivity contribution in [3.63, 3.8) is 0 Å². The Balaban J connectivity index is 2.30. The molecule has 0 fully saturated rings. The van der Waals surface area contributed by atoms with E-state index in [0.717, 1.165) is 18.4 Å². The van der Waals surface area contributed by atoms with Gasteiger partial charge in [0.25, 0.3) is 0 Å². The third kappa shape index (κ3) is 1.91. The lowest BCUT2D eigenvalue weighted by molar-refractivity contribution is 0.0520. The van der Waals surface area contributed by atoms with Gasteiger partial charge in [-0.25, -0.2) is 4.79 Å². The van der Waals surface area contributed by atoms with Crippen LogP contribution in [0.15, 0.2) is 6.07 Å². The molecule has 0 spiro atoms. The van der Waals surface area contributed by atoms with Gasteiger partial charge >= 0.3 is 5.97 Å². The summed E-state index contributed by atoms with van der Waals surface area (Å²) in [5.41, 5.74) is 1.81. The number of fused-ring (bicyclic) bond motifs is 1. The van der Waals surface area contributed by atoms with Crippen molar-refractivity contribution in [3.8, 4) is 0 Å². The molecule has 1 aromatic rings. The highest BCUT2D eigenvalue weighted by molar-refractivity contribution is 9.10. The van der Waals surface area contributed by atoms with Crippen molar-refractivity contribution < 1.29 is 14.3 Å². The number of aromatic nitrogens is 1. The van der Waals surface area contributed by atoms with Crippen molar-refractivity contribution in [3.05, 3.63) is 23.0 Å². The second kappa shape index (κ2) is 4.41. The number of hydrogen-bond acceptors (Lipinski definition) is 3. The van der Waals surface area contributed by atoms with Crippen LogP contribution < -0.4 is 0 Å². The third-order valence-corrected chi connectivity index (χ3v) is 3.47. The minimum atomic E-state index is -0.407. The first-order valence-electron chi connectivity index (χ1n) is 5.20. The van der Waals surface area contributed by atoms with Gasteiger partial charge in [0.05, 0.1) is 17.1 Å². The van der Waals surface area contributed by atoms with Crippen LogP contribution in [-0.2, 0) is 11.2 Å². The van der Waals surface area contributed by atoms with Crippen molar-refractivity contribution in [1.29, 1.82) is 0 Å². The van der Waals surface area contributed by atoms with E-state index in [-0.39, 0.29) is 10.6 Å². The number of aryl methyl sites for hydroxylation is 1. The standard InChI is InChI=1S/C11H12BrNO3/c1-2-16-11(15)8-5-6-3-4-7(12)10(14)9(6)13-8/h5,7,13H,2-4H2,1H3. The van der Waals surface area contributed by atoms with Gasteiger partial charge in [-0.2, -0.15) is 0 Å². The number of nitrogens with one attached hydrogen (secondary N) is 1. The first kappa shape index (κ1) is 11.4. The molecule has 1 aliphatic carbocycles. The number of carbonyl (C=O) groups is 2. The first-order chi connectivity index (χ1) is 7.63. The lowest BCUT2D eigenvalue weighted by atomic mass is 9.97. The molecular weight excluding hydrogens is 274 g/mol. The summed E-state index contributed by atoms with van der Waals surface area (Å²) >= 11 is 3.31. The number of hydrogen-bond donors (Lipinski definition) is 1. The van der Waals surface area contributed by atoms with Crippen molar-refractivity contribution >= 4 is 27.7 Å². The molecule has 1 N–H and O–H groups in total. The first-order valence-corrected chi connectivity index (χ1v) is 6.12. The third-order valence-electron chi connectivity index (χ3n) is 2.59. The Morgan fingerprint density at radius 1 is 1.69 bits per heavy atom. The summed E-state index contributed by atoms with van der Waals surface area (Å²) in [4.78, 5) is 26.0. The van der Waals surface area contributed by atoms with Gasteiger partial charge in [-0.15, -0.1) is 0 Å². The number of H-pyrrole nitrogens is 1. The monoisotopic (exact) mass is 285 g/mol. The van der Waals surface area contributed by atoms with Gasteiger partial charge in [0, 0.05) is 0 Å². The maximum absolute atomic E-state index is 11.8. The van der Waals surface area contributed by atoms with Gasteiger partial charge in [0.1, 0.15) is 5.69 Å². The quantitative estimate of drug-likeness (QED) is 0.669. The zero-order chi connectivity index (χ0) is 11.7. The highest BCUT2D eigenvalue weighted by Gasteiger charge is 2.28. The van der Waals surface area contributed by atoms with Crippen LogP contribution in [0.4, 0.5) is 0 Å². The van der Waals surface area contributed by atoms with E-state index in [1.165, 1.54) is 0 Å². The Kier molecular flexibility index (Phi) is 3.14. The Morgan fingerprint density at radius 2 is 2.44 bits per heavy atom. The second-order valence-corrected chi connectivity index (χ2v) is 4.78. The number of carbonyl (C=O) groups excluding carboxylic acids is 2. The molecule has 0 aliphatic heterocycles. The minimum absolute atomic E-state index is 0.0109. The Hall–Kier alpha value is -1.10. The Morgan fingerprint density at radius 3 is 3.12 bits per heavy atom. The van der Waals surface area contributed by atoms with Gasteiger partial charge < -0.3 is 9.72 Å². The van der Waals surface area contributed by atoms with Crippen molar-refractivity contribution in [1.82, 2.24) is 4.98 Å². The van der Waals surface area contributed by atoms with Crippen LogP contribution in [0.2, 0.25) is 0 Å². The zero-order valence-corrected chi connectivity index (χ0v) is 10.5. The van der Waals surface area contributed by atoms with Gasteiger partial charge in [0.15, 0.2) is 5.78 Å². The summed E-state index contributed by atoms with van der Waals surface area (Å²) < 4.78 is 4.87. The number of ether oxygens (including phenoxy) is 1. The van der Waals surface area contributed by atoms with Crippen LogP contribution in [-0.4, -0.2) is 28.2 Å². The minimum Gasteiger partial charge on any atom is -0.461 e. The van der Waals surface area contributed by atoms with Crippen LogP contribution in [0, 0.1) is 0 Å². The molecule has 1 heterocycles. The van der Waals surface area contributed by atoms with Crippen LogP contribution >= 0.6 is 15.9 Å². The average Bonchev–Trinajstić information content (AvgIpc) is 2.69. The molecule has 0 amide bonds. The molecule has 1 aliphatic rings. The highest BCUT2D eigenvalue weighted by Crippen LogP contribution is 2.26. The zero-order valence-electron chi connectivity index (χ0n) is 8.88. The molecule has 1 unspecified atom stereocenters. The molecule has 86 valence electrons. The van der Waals surface area contributed by atoms with E-state index in [0.29, 0.717) is 18.0 Å². The van der Waals surface area contributed by atoms with Gasteiger partial charge in [-0.05, 0) is 31.4 Å². The predicted octanol–water partition coefficient (Wildman–Crippen LogP) is 2.08. The molecular formula is C11H12BrNO3. The highest BCUT2D eigenvalue weighted by atomic mass is 79.9. The molecule has 0 bridgehead atoms. The van der Waals surface area contributed by atoms with Gasteiger partial charge in [-0.1, -0.05) is 15.9 Å². The summed E-state index contributed by atoms with van der Waals surface area (Å²) in [7, 11) is 0. The van der Waals surface area contributed by atoms with E-state index >= 15 is 0 Å². The van der Waals surface area contributed by atoms with E-state index in [2.05, 4.69) is 20.9 Å². The van der Waals surface area contributed by atoms with Crippen LogP contribution in [0.3, 0.4) is 0 Å². The van der Waals surface area contributed by atoms with E-state index < -0.39 is 5.97 Å². The van der Waals surface area contributed by atoms with Crippen LogP contribution in [0.25, 0.3) is 0 Å². The molecule has 0 saturated heterocycles. The summed E-state index contributed by atoms with van der Waals surface area (Å²) in [6.45, 7) is 2.08. The number of halogens is 1. The van der Waals surface area contributed by atoms with E-state index in [4.69, 9.17) is 4.74 Å². The maximum atomic E-state index is 11.8. The Bertz CT molecular complexity index is 438. The smallest absolute Gasteiger partial charge is 0.354 e. The summed E-state index contributed by atoms with van der Waals surface area (Å²) in [6, 6.07) is 1.71. The number of esters is 1. The fourth-order valence-corrected chi connectivity index (χ4v) is 2.26. The molecule has 5 heteroatoms. The van der Waals surface area contributed by atoms with E-state index in [9.17, 15) is 9.59 Å². The lowest BCUT2D eigenvalue weighted by Crippen LogP contribution is -2.21. The summed E-state index contributed by atoms with van der Waals surface area (Å²) in [6.07, 6.45) is 1.57. The molecule has 0 saturated carbocycles. The Labute approximate surface area is 101 Å². The molecule has 0 aromatic carbocycles. The van der Waals surface area contributed by atoms with Gasteiger partial charge in [-0.3, -0.25) is 4.79 Å². The lowest BCUT2D eigenvalue weighted by Gasteiger charge is -2.14. The van der Waals surface area contributed by atoms with Crippen LogP contribution in [0.5, 0.6) is 0 Å². The van der Waals surface area contributed by atoms with Crippen molar-refractivity contribution in [2.24, 2.45) is 0 Å². The number of rotatable bonds is 2. The topological polar surface area (TPSA) is 59.2 Å². The SMILES string of the molecule is CCOC(=O)c1cc2c([nH]1)C(=O)C(Br)CC2. The molecule has 1 atom stereocenters. The predicted molar refractivity (Wildman–Crippen MR) is 62.1 cm³/mol. The van der Waals surface area contributed by atoms with Gasteiger partial charge in [0.2, 0.25) is 0 Å². The molecule has 4 nitrogen and oxygen atoms in total. The fourth-order valence-electron chi connectivity index (χ4n) is 1.80. The van der Waals surface area contributed by atoms with Crippen LogP contribution in [0.1, 0.15) is 39.9 Å². The largest absolute Gasteiger partial charge is 0.461 e. The molecule has 0 radical (unpaired) electrons. The second-order valence-electron chi connectivity index (χ2n) is 3.67. The van der Waals surface area contributed by atoms with E-state index in [1.54, 1.807) is 13.0 Å². The maximum Gasteiger partial charge on any atom is 0.354 e. The number of ketones is 1. The van der Waals surface area contributed by atoms with Crippen molar-refractivity contribution in [2.45, 2.75) is 24.6 Å².